The number of hydrogen-bond donors (Lipinski definition) is 2. The van der Waals surface area contributed by atoms with E-state index in [1.54, 1.807) is 0 Å². The van der Waals surface area contributed by atoms with Crippen molar-refractivity contribution in [2.75, 3.05) is 12.8 Å². The van der Waals surface area contributed by atoms with Crippen molar-refractivity contribution >= 4 is 5.69 Å². The fourth-order valence-corrected chi connectivity index (χ4v) is 1.13. The third-order valence-corrected chi connectivity index (χ3v) is 2.23. The van der Waals surface area contributed by atoms with E-state index in [2.05, 4.69) is 24.4 Å². The smallest absolute Gasteiger partial charge is 0.0343 e. The topological polar surface area (TPSA) is 38.0 Å². The van der Waals surface area contributed by atoms with Crippen LogP contribution in [0.5, 0.6) is 0 Å². The third-order valence-electron chi connectivity index (χ3n) is 2.23. The van der Waals surface area contributed by atoms with E-state index in [0.717, 1.165) is 11.3 Å². The Hall–Kier alpha value is -1.02. The van der Waals surface area contributed by atoms with Crippen LogP contribution in [0.15, 0.2) is 18.2 Å². The first-order chi connectivity index (χ1) is 5.65. The van der Waals surface area contributed by atoms with Crippen molar-refractivity contribution in [2.45, 2.75) is 19.9 Å². The van der Waals surface area contributed by atoms with Gasteiger partial charge in [-0.25, -0.2) is 0 Å². The summed E-state index contributed by atoms with van der Waals surface area (Å²) < 4.78 is 0. The predicted octanol–water partition coefficient (Wildman–Crippen LogP) is 1.86. The minimum atomic E-state index is 0.393. The van der Waals surface area contributed by atoms with Gasteiger partial charge in [0.25, 0.3) is 0 Å². The van der Waals surface area contributed by atoms with Gasteiger partial charge in [-0.05, 0) is 38.1 Å². The van der Waals surface area contributed by atoms with Gasteiger partial charge in [0.05, 0.1) is 0 Å². The lowest BCUT2D eigenvalue weighted by atomic mass is 10.0. The van der Waals surface area contributed by atoms with E-state index in [4.69, 9.17) is 5.73 Å². The maximum absolute atomic E-state index is 5.71. The zero-order chi connectivity index (χ0) is 9.14. The highest BCUT2D eigenvalue weighted by Gasteiger charge is 2.02. The largest absolute Gasteiger partial charge is 0.399 e. The van der Waals surface area contributed by atoms with E-state index in [1.807, 2.05) is 20.0 Å². The molecule has 0 aromatic heterocycles. The van der Waals surface area contributed by atoms with E-state index in [-0.39, 0.29) is 0 Å². The Balaban J connectivity index is 2.96. The quantitative estimate of drug-likeness (QED) is 0.655. The summed E-state index contributed by atoms with van der Waals surface area (Å²) in [6.07, 6.45) is 0. The zero-order valence-corrected chi connectivity index (χ0v) is 7.89. The van der Waals surface area contributed by atoms with Gasteiger partial charge in [0.1, 0.15) is 0 Å². The van der Waals surface area contributed by atoms with E-state index in [9.17, 15) is 0 Å². The molecule has 1 atom stereocenters. The molecule has 0 aliphatic rings. The van der Waals surface area contributed by atoms with Crippen molar-refractivity contribution < 1.29 is 0 Å². The van der Waals surface area contributed by atoms with Crippen LogP contribution < -0.4 is 11.1 Å². The Morgan fingerprint density at radius 1 is 1.42 bits per heavy atom. The molecule has 0 fully saturated rings. The maximum Gasteiger partial charge on any atom is 0.0343 e. The monoisotopic (exact) mass is 164 g/mol. The summed E-state index contributed by atoms with van der Waals surface area (Å²) in [7, 11) is 1.95. The Kier molecular flexibility index (Phi) is 2.71. The summed E-state index contributed by atoms with van der Waals surface area (Å²) >= 11 is 0. The Morgan fingerprint density at radius 3 is 2.58 bits per heavy atom. The standard InChI is InChI=1S/C10H16N2/c1-7-6-9(8(2)12-3)4-5-10(7)11/h4-6,8,12H,11H2,1-3H3. The van der Waals surface area contributed by atoms with Gasteiger partial charge in [-0.15, -0.1) is 0 Å². The molecule has 2 heteroatoms. The fraction of sp³-hybridized carbons (Fsp3) is 0.400. The molecule has 1 aromatic carbocycles. The minimum Gasteiger partial charge on any atom is -0.399 e. The first-order valence-electron chi connectivity index (χ1n) is 4.18. The van der Waals surface area contributed by atoms with Gasteiger partial charge >= 0.3 is 0 Å². The molecule has 0 aliphatic carbocycles. The first kappa shape index (κ1) is 9.07. The zero-order valence-electron chi connectivity index (χ0n) is 7.89. The van der Waals surface area contributed by atoms with Crippen LogP contribution in [0.3, 0.4) is 0 Å². The van der Waals surface area contributed by atoms with Crippen LogP contribution in [-0.4, -0.2) is 7.05 Å². The van der Waals surface area contributed by atoms with E-state index in [0.29, 0.717) is 6.04 Å². The molecule has 1 rings (SSSR count). The average Bonchev–Trinajstić information content (AvgIpc) is 2.08. The van der Waals surface area contributed by atoms with Crippen LogP contribution in [0.2, 0.25) is 0 Å². The van der Waals surface area contributed by atoms with Gasteiger partial charge in [-0.2, -0.15) is 0 Å². The molecule has 1 unspecified atom stereocenters. The van der Waals surface area contributed by atoms with Gasteiger partial charge < -0.3 is 11.1 Å². The van der Waals surface area contributed by atoms with Gasteiger partial charge in [0.2, 0.25) is 0 Å². The van der Waals surface area contributed by atoms with Crippen molar-refractivity contribution in [2.24, 2.45) is 0 Å². The lowest BCUT2D eigenvalue weighted by molar-refractivity contribution is 0.652. The third kappa shape index (κ3) is 1.77. The molecule has 0 spiro atoms. The van der Waals surface area contributed by atoms with Crippen LogP contribution in [0.4, 0.5) is 5.69 Å². The van der Waals surface area contributed by atoms with Gasteiger partial charge in [-0.1, -0.05) is 12.1 Å². The SMILES string of the molecule is CNC(C)c1ccc(N)c(C)c1. The molecule has 66 valence electrons. The highest BCUT2D eigenvalue weighted by molar-refractivity contribution is 5.48. The molecule has 3 N–H and O–H groups in total. The van der Waals surface area contributed by atoms with E-state index < -0.39 is 0 Å². The van der Waals surface area contributed by atoms with Crippen molar-refractivity contribution in [3.8, 4) is 0 Å². The summed E-state index contributed by atoms with van der Waals surface area (Å²) in [5, 5.41) is 3.19. The molecule has 0 amide bonds. The molecule has 12 heavy (non-hydrogen) atoms. The summed E-state index contributed by atoms with van der Waals surface area (Å²) in [6.45, 7) is 4.16. The number of nitrogens with two attached hydrogens (primary N) is 1. The lowest BCUT2D eigenvalue weighted by Crippen LogP contribution is -2.12. The summed E-state index contributed by atoms with van der Waals surface area (Å²) in [5.41, 5.74) is 9.00. The van der Waals surface area contributed by atoms with Crippen molar-refractivity contribution in [1.82, 2.24) is 5.32 Å². The molecule has 1 aromatic rings. The molecular weight excluding hydrogens is 148 g/mol. The molecule has 0 saturated heterocycles. The van der Waals surface area contributed by atoms with Crippen LogP contribution in [-0.2, 0) is 0 Å². The molecule has 0 heterocycles. The van der Waals surface area contributed by atoms with Crippen molar-refractivity contribution in [3.05, 3.63) is 29.3 Å². The number of nitrogen functional groups attached to an aromatic ring is 1. The van der Waals surface area contributed by atoms with Crippen LogP contribution in [0.1, 0.15) is 24.1 Å². The second kappa shape index (κ2) is 3.59. The van der Waals surface area contributed by atoms with Gasteiger partial charge in [0.15, 0.2) is 0 Å². The normalized spacial score (nSPS) is 12.9. The molecule has 0 radical (unpaired) electrons. The Morgan fingerprint density at radius 2 is 2.08 bits per heavy atom. The maximum atomic E-state index is 5.71. The van der Waals surface area contributed by atoms with Crippen molar-refractivity contribution in [1.29, 1.82) is 0 Å². The number of benzene rings is 1. The number of rotatable bonds is 2. The number of anilines is 1. The number of aryl methyl sites for hydroxylation is 1. The second-order valence-electron chi connectivity index (χ2n) is 3.13. The van der Waals surface area contributed by atoms with Gasteiger partial charge in [0, 0.05) is 11.7 Å². The highest BCUT2D eigenvalue weighted by atomic mass is 14.8. The van der Waals surface area contributed by atoms with Gasteiger partial charge in [-0.3, -0.25) is 0 Å². The average molecular weight is 164 g/mol. The highest BCUT2D eigenvalue weighted by Crippen LogP contribution is 2.17. The molecule has 0 saturated carbocycles. The predicted molar refractivity (Wildman–Crippen MR) is 53.1 cm³/mol. The van der Waals surface area contributed by atoms with Crippen molar-refractivity contribution in [3.63, 3.8) is 0 Å². The molecule has 2 nitrogen and oxygen atoms in total. The Bertz CT molecular complexity index is 269. The number of nitrogens with one attached hydrogen (secondary N) is 1. The Labute approximate surface area is 73.8 Å². The summed E-state index contributed by atoms with van der Waals surface area (Å²) in [5.74, 6) is 0. The van der Waals surface area contributed by atoms with Crippen LogP contribution >= 0.6 is 0 Å². The van der Waals surface area contributed by atoms with E-state index in [1.165, 1.54) is 5.56 Å². The summed E-state index contributed by atoms with van der Waals surface area (Å²) in [6, 6.07) is 6.53. The first-order valence-corrected chi connectivity index (χ1v) is 4.18. The molecule has 0 aliphatic heterocycles. The van der Waals surface area contributed by atoms with Crippen LogP contribution in [0.25, 0.3) is 0 Å². The number of hydrogen-bond acceptors (Lipinski definition) is 2. The molecular formula is C10H16N2. The van der Waals surface area contributed by atoms with E-state index >= 15 is 0 Å². The van der Waals surface area contributed by atoms with Crippen LogP contribution in [0, 0.1) is 6.92 Å². The lowest BCUT2D eigenvalue weighted by Gasteiger charge is -2.11. The summed E-state index contributed by atoms with van der Waals surface area (Å²) in [4.78, 5) is 0. The second-order valence-corrected chi connectivity index (χ2v) is 3.13. The minimum absolute atomic E-state index is 0.393. The molecule has 0 bridgehead atoms. The fourth-order valence-electron chi connectivity index (χ4n) is 1.13.